The summed E-state index contributed by atoms with van der Waals surface area (Å²) in [6.45, 7) is 8.35. The van der Waals surface area contributed by atoms with Crippen LogP contribution in [0.25, 0.3) is 11.1 Å². The summed E-state index contributed by atoms with van der Waals surface area (Å²) < 4.78 is 35.7. The third kappa shape index (κ3) is 9.66. The predicted octanol–water partition coefficient (Wildman–Crippen LogP) is 10.6. The lowest BCUT2D eigenvalue weighted by Gasteiger charge is -2.28. The average molecular weight is 692 g/mol. The molecule has 0 amide bonds. The molecule has 3 fully saturated rings. The summed E-state index contributed by atoms with van der Waals surface area (Å²) in [5.41, 5.74) is 11.5. The topological polar surface area (TPSA) is 58.6 Å². The molecular formula is C44H53NO6. The van der Waals surface area contributed by atoms with E-state index >= 15 is 0 Å². The molecule has 7 nitrogen and oxygen atoms in total. The van der Waals surface area contributed by atoms with Crippen LogP contribution in [0.3, 0.4) is 0 Å². The van der Waals surface area contributed by atoms with E-state index in [1.165, 1.54) is 39.8 Å². The molecule has 51 heavy (non-hydrogen) atoms. The second kappa shape index (κ2) is 17.8. The van der Waals surface area contributed by atoms with E-state index in [0.29, 0.717) is 19.8 Å². The van der Waals surface area contributed by atoms with Crippen LogP contribution in [0, 0.1) is 13.8 Å². The first-order valence-electron chi connectivity index (χ1n) is 19.0. The standard InChI is InChI=1S/C44H53NO6/c1-32-27-40(22-18-37(32)30-50-43-10-4-7-25-47-43)45(41-23-19-38(33(2)28-41)31-51-44-11-5-8-26-48-44)39-20-16-36(17-21-39)35-14-12-34(13-15-35)29-49-42-9-3-6-24-46-42/h12-23,27-28,42-44H,3-11,24-26,29-31H2,1-2H3. The number of ether oxygens (including phenoxy) is 6. The fraction of sp³-hybridized carbons (Fsp3) is 0.455. The van der Waals surface area contributed by atoms with Crippen molar-refractivity contribution < 1.29 is 28.4 Å². The number of hydrogen-bond acceptors (Lipinski definition) is 7. The Morgan fingerprint density at radius 1 is 0.490 bits per heavy atom. The molecule has 270 valence electrons. The van der Waals surface area contributed by atoms with E-state index < -0.39 is 0 Å². The van der Waals surface area contributed by atoms with Gasteiger partial charge in [-0.05, 0) is 147 Å². The zero-order chi connectivity index (χ0) is 34.8. The van der Waals surface area contributed by atoms with Crippen molar-refractivity contribution in [3.63, 3.8) is 0 Å². The molecule has 3 atom stereocenters. The largest absolute Gasteiger partial charge is 0.353 e. The Balaban J connectivity index is 1.10. The van der Waals surface area contributed by atoms with E-state index in [1.54, 1.807) is 0 Å². The summed E-state index contributed by atoms with van der Waals surface area (Å²) in [6.07, 6.45) is 9.45. The maximum absolute atomic E-state index is 6.15. The van der Waals surface area contributed by atoms with Gasteiger partial charge in [0.25, 0.3) is 0 Å². The van der Waals surface area contributed by atoms with Crippen LogP contribution in [0.1, 0.15) is 85.6 Å². The van der Waals surface area contributed by atoms with E-state index in [1.807, 2.05) is 0 Å². The van der Waals surface area contributed by atoms with E-state index in [4.69, 9.17) is 28.4 Å². The van der Waals surface area contributed by atoms with Gasteiger partial charge < -0.3 is 33.3 Å². The average Bonchev–Trinajstić information content (AvgIpc) is 3.18. The maximum atomic E-state index is 6.15. The van der Waals surface area contributed by atoms with Crippen LogP contribution < -0.4 is 4.90 Å². The van der Waals surface area contributed by atoms with Gasteiger partial charge in [0.15, 0.2) is 18.9 Å². The normalized spacial score (nSPS) is 21.0. The van der Waals surface area contributed by atoms with Crippen molar-refractivity contribution in [1.82, 2.24) is 0 Å². The number of benzene rings is 4. The molecular weight excluding hydrogens is 638 g/mol. The van der Waals surface area contributed by atoms with Crippen molar-refractivity contribution in [3.8, 4) is 11.1 Å². The van der Waals surface area contributed by atoms with E-state index in [9.17, 15) is 0 Å². The first-order valence-corrected chi connectivity index (χ1v) is 19.0. The highest BCUT2D eigenvalue weighted by Gasteiger charge is 2.19. The number of anilines is 3. The van der Waals surface area contributed by atoms with Gasteiger partial charge in [-0.1, -0.05) is 48.5 Å². The molecule has 0 aromatic heterocycles. The van der Waals surface area contributed by atoms with Crippen LogP contribution in [0.5, 0.6) is 0 Å². The number of rotatable bonds is 13. The zero-order valence-electron chi connectivity index (χ0n) is 30.3. The van der Waals surface area contributed by atoms with Crippen LogP contribution in [-0.4, -0.2) is 38.7 Å². The van der Waals surface area contributed by atoms with Gasteiger partial charge in [-0.15, -0.1) is 0 Å². The van der Waals surface area contributed by atoms with Crippen molar-refractivity contribution >= 4 is 17.1 Å². The monoisotopic (exact) mass is 691 g/mol. The molecule has 4 aromatic carbocycles. The Hall–Kier alpha value is -3.56. The van der Waals surface area contributed by atoms with Gasteiger partial charge in [0.05, 0.1) is 19.8 Å². The molecule has 0 aliphatic carbocycles. The van der Waals surface area contributed by atoms with Crippen molar-refractivity contribution in [3.05, 3.63) is 113 Å². The summed E-state index contributed by atoms with van der Waals surface area (Å²) in [6, 6.07) is 30.8. The van der Waals surface area contributed by atoms with Gasteiger partial charge in [0.2, 0.25) is 0 Å². The molecule has 0 bridgehead atoms. The van der Waals surface area contributed by atoms with Gasteiger partial charge in [-0.3, -0.25) is 0 Å². The second-order valence-corrected chi connectivity index (χ2v) is 14.1. The minimum Gasteiger partial charge on any atom is -0.353 e. The predicted molar refractivity (Wildman–Crippen MR) is 201 cm³/mol. The molecule has 4 aromatic rings. The van der Waals surface area contributed by atoms with Crippen molar-refractivity contribution in [2.45, 2.75) is 110 Å². The van der Waals surface area contributed by atoms with Gasteiger partial charge in [-0.25, -0.2) is 0 Å². The molecule has 3 saturated heterocycles. The fourth-order valence-corrected chi connectivity index (χ4v) is 7.09. The van der Waals surface area contributed by atoms with Crippen LogP contribution >= 0.6 is 0 Å². The second-order valence-electron chi connectivity index (χ2n) is 14.1. The quantitative estimate of drug-likeness (QED) is 0.138. The molecule has 7 heteroatoms. The lowest BCUT2D eigenvalue weighted by molar-refractivity contribution is -0.169. The SMILES string of the molecule is Cc1cc(N(c2ccc(-c3ccc(COC4CCCCO4)cc3)cc2)c2ccc(COC3CCCCO3)c(C)c2)ccc1COC1CCCCO1. The van der Waals surface area contributed by atoms with Crippen molar-refractivity contribution in [1.29, 1.82) is 0 Å². The van der Waals surface area contributed by atoms with Crippen LogP contribution in [0.15, 0.2) is 84.9 Å². The maximum Gasteiger partial charge on any atom is 0.158 e. The highest BCUT2D eigenvalue weighted by atomic mass is 16.7. The molecule has 3 heterocycles. The third-order valence-electron chi connectivity index (χ3n) is 10.3. The zero-order valence-corrected chi connectivity index (χ0v) is 30.3. The Morgan fingerprint density at radius 2 is 0.902 bits per heavy atom. The lowest BCUT2D eigenvalue weighted by atomic mass is 10.0. The fourth-order valence-electron chi connectivity index (χ4n) is 7.09. The summed E-state index contributed by atoms with van der Waals surface area (Å²) in [7, 11) is 0. The highest BCUT2D eigenvalue weighted by Crippen LogP contribution is 2.38. The van der Waals surface area contributed by atoms with Gasteiger partial charge in [0.1, 0.15) is 0 Å². The summed E-state index contributed by atoms with van der Waals surface area (Å²) in [4.78, 5) is 2.33. The minimum absolute atomic E-state index is 0.0807. The van der Waals surface area contributed by atoms with Gasteiger partial charge >= 0.3 is 0 Å². The first-order chi connectivity index (χ1) is 25.1. The van der Waals surface area contributed by atoms with Crippen LogP contribution in [-0.2, 0) is 48.2 Å². The smallest absolute Gasteiger partial charge is 0.158 e. The lowest BCUT2D eigenvalue weighted by Crippen LogP contribution is -2.22. The van der Waals surface area contributed by atoms with Crippen molar-refractivity contribution in [2.75, 3.05) is 24.7 Å². The molecule has 3 unspecified atom stereocenters. The Labute approximate surface area is 303 Å². The van der Waals surface area contributed by atoms with Gasteiger partial charge in [-0.2, -0.15) is 0 Å². The van der Waals surface area contributed by atoms with Crippen molar-refractivity contribution in [2.24, 2.45) is 0 Å². The first kappa shape index (κ1) is 35.8. The molecule has 0 saturated carbocycles. The molecule has 3 aliphatic heterocycles. The molecule has 7 rings (SSSR count). The number of hydrogen-bond donors (Lipinski definition) is 0. The molecule has 0 N–H and O–H groups in total. The Bertz CT molecular complexity index is 1600. The Morgan fingerprint density at radius 3 is 1.31 bits per heavy atom. The molecule has 0 spiro atoms. The summed E-state index contributed by atoms with van der Waals surface area (Å²) in [5.74, 6) is 0. The van der Waals surface area contributed by atoms with Crippen LogP contribution in [0.2, 0.25) is 0 Å². The van der Waals surface area contributed by atoms with Crippen LogP contribution in [0.4, 0.5) is 17.1 Å². The van der Waals surface area contributed by atoms with E-state index in [2.05, 4.69) is 104 Å². The highest BCUT2D eigenvalue weighted by molar-refractivity contribution is 5.79. The number of nitrogens with zero attached hydrogens (tertiary/aromatic N) is 1. The number of aryl methyl sites for hydroxylation is 2. The molecule has 0 radical (unpaired) electrons. The summed E-state index contributed by atoms with van der Waals surface area (Å²) >= 11 is 0. The Kier molecular flexibility index (Phi) is 12.5. The van der Waals surface area contributed by atoms with E-state index in [0.717, 1.165) is 93.8 Å². The third-order valence-corrected chi connectivity index (χ3v) is 10.3. The minimum atomic E-state index is -0.108. The molecule has 3 aliphatic rings. The summed E-state index contributed by atoms with van der Waals surface area (Å²) in [5, 5.41) is 0. The van der Waals surface area contributed by atoms with Gasteiger partial charge in [0, 0.05) is 36.9 Å². The van der Waals surface area contributed by atoms with E-state index in [-0.39, 0.29) is 18.9 Å².